The van der Waals surface area contributed by atoms with Gasteiger partial charge in [0.1, 0.15) is 0 Å². The monoisotopic (exact) mass is 242 g/mol. The summed E-state index contributed by atoms with van der Waals surface area (Å²) in [6.45, 7) is 0. The first-order valence-corrected chi connectivity index (χ1v) is 5.25. The summed E-state index contributed by atoms with van der Waals surface area (Å²) in [5, 5.41) is 19.3. The molecule has 0 aliphatic rings. The molecule has 0 aliphatic carbocycles. The summed E-state index contributed by atoms with van der Waals surface area (Å²) in [4.78, 5) is 21.7. The fraction of sp³-hybridized carbons (Fsp3) is 0. The molecule has 2 aromatic rings. The maximum Gasteiger partial charge on any atom is 0.336 e. The molecule has 0 aromatic heterocycles. The highest BCUT2D eigenvalue weighted by Gasteiger charge is 2.11. The molecule has 2 N–H and O–H groups in total. The van der Waals surface area contributed by atoms with Crippen molar-refractivity contribution in [3.8, 4) is 0 Å². The third-order valence-electron chi connectivity index (χ3n) is 2.59. The van der Waals surface area contributed by atoms with Crippen LogP contribution >= 0.6 is 0 Å². The van der Waals surface area contributed by atoms with Gasteiger partial charge in [-0.2, -0.15) is 0 Å². The molecular formula is C14H10O4. The van der Waals surface area contributed by atoms with Gasteiger partial charge in [-0.3, -0.25) is 0 Å². The van der Waals surface area contributed by atoms with Crippen molar-refractivity contribution in [1.82, 2.24) is 0 Å². The Kier molecular flexibility index (Phi) is 3.10. The average molecular weight is 242 g/mol. The van der Waals surface area contributed by atoms with Crippen molar-refractivity contribution in [3.63, 3.8) is 0 Å². The molecule has 0 unspecified atom stereocenters. The zero-order valence-corrected chi connectivity index (χ0v) is 9.33. The molecule has 0 spiro atoms. The number of aliphatic carboxylic acids is 1. The highest BCUT2D eigenvalue weighted by Crippen LogP contribution is 2.24. The minimum absolute atomic E-state index is 0.0891. The summed E-state index contributed by atoms with van der Waals surface area (Å²) in [5.41, 5.74) is 0.495. The lowest BCUT2D eigenvalue weighted by atomic mass is 9.98. The quantitative estimate of drug-likeness (QED) is 0.811. The maximum absolute atomic E-state index is 11.1. The van der Waals surface area contributed by atoms with Gasteiger partial charge < -0.3 is 10.2 Å². The number of hydrogen-bond donors (Lipinski definition) is 2. The SMILES string of the molecule is O=C(O)C=Cc1c(C(=O)O)ccc2ccccc12. The van der Waals surface area contributed by atoms with Crippen LogP contribution in [0.3, 0.4) is 0 Å². The van der Waals surface area contributed by atoms with Gasteiger partial charge in [-0.05, 0) is 28.5 Å². The van der Waals surface area contributed by atoms with Gasteiger partial charge in [0.15, 0.2) is 0 Å². The summed E-state index contributed by atoms with van der Waals surface area (Å²) in [6.07, 6.45) is 2.25. The van der Waals surface area contributed by atoms with Crippen LogP contribution in [-0.4, -0.2) is 22.2 Å². The zero-order chi connectivity index (χ0) is 13.1. The first-order chi connectivity index (χ1) is 8.59. The molecule has 18 heavy (non-hydrogen) atoms. The van der Waals surface area contributed by atoms with E-state index < -0.39 is 11.9 Å². The van der Waals surface area contributed by atoms with Gasteiger partial charge in [0.2, 0.25) is 0 Å². The van der Waals surface area contributed by atoms with Crippen molar-refractivity contribution in [3.05, 3.63) is 53.6 Å². The summed E-state index contributed by atoms with van der Waals surface area (Å²) in [6, 6.07) is 10.4. The van der Waals surface area contributed by atoms with Crippen LogP contribution < -0.4 is 0 Å². The van der Waals surface area contributed by atoms with Crippen LogP contribution in [0.2, 0.25) is 0 Å². The van der Waals surface area contributed by atoms with E-state index in [4.69, 9.17) is 10.2 Å². The second-order valence-electron chi connectivity index (χ2n) is 3.72. The summed E-state index contributed by atoms with van der Waals surface area (Å²) in [5.74, 6) is -2.19. The van der Waals surface area contributed by atoms with Gasteiger partial charge in [-0.25, -0.2) is 9.59 Å². The van der Waals surface area contributed by atoms with Gasteiger partial charge in [0, 0.05) is 6.08 Å². The molecule has 0 atom stereocenters. The van der Waals surface area contributed by atoms with Crippen LogP contribution in [0.4, 0.5) is 0 Å². The number of carboxylic acids is 2. The lowest BCUT2D eigenvalue weighted by Gasteiger charge is -2.06. The van der Waals surface area contributed by atoms with Crippen molar-refractivity contribution in [2.24, 2.45) is 0 Å². The molecule has 0 radical (unpaired) electrons. The maximum atomic E-state index is 11.1. The smallest absolute Gasteiger partial charge is 0.336 e. The van der Waals surface area contributed by atoms with Gasteiger partial charge in [0.25, 0.3) is 0 Å². The van der Waals surface area contributed by atoms with Gasteiger partial charge in [-0.1, -0.05) is 30.3 Å². The molecule has 4 nitrogen and oxygen atoms in total. The van der Waals surface area contributed by atoms with E-state index in [0.29, 0.717) is 5.56 Å². The molecule has 0 amide bonds. The van der Waals surface area contributed by atoms with Crippen molar-refractivity contribution in [2.75, 3.05) is 0 Å². The predicted molar refractivity (Wildman–Crippen MR) is 67.6 cm³/mol. The number of carboxylic acid groups (broad SMARTS) is 2. The van der Waals surface area contributed by atoms with Crippen molar-refractivity contribution in [1.29, 1.82) is 0 Å². The van der Waals surface area contributed by atoms with Gasteiger partial charge >= 0.3 is 11.9 Å². The van der Waals surface area contributed by atoms with E-state index in [1.54, 1.807) is 18.2 Å². The van der Waals surface area contributed by atoms with Crippen molar-refractivity contribution >= 4 is 28.8 Å². The second kappa shape index (κ2) is 4.71. The fourth-order valence-corrected chi connectivity index (χ4v) is 1.82. The zero-order valence-electron chi connectivity index (χ0n) is 9.33. The minimum Gasteiger partial charge on any atom is -0.478 e. The molecule has 0 saturated heterocycles. The largest absolute Gasteiger partial charge is 0.478 e. The standard InChI is InChI=1S/C14H10O4/c15-13(16)8-7-11-10-4-2-1-3-9(10)5-6-12(11)14(17)18/h1-8H,(H,15,16)(H,17,18). The van der Waals surface area contributed by atoms with E-state index in [0.717, 1.165) is 16.8 Å². The number of aromatic carboxylic acids is 1. The molecule has 4 heteroatoms. The highest BCUT2D eigenvalue weighted by molar-refractivity contribution is 6.03. The number of hydrogen-bond acceptors (Lipinski definition) is 2. The van der Waals surface area contributed by atoms with Crippen LogP contribution in [0.1, 0.15) is 15.9 Å². The lowest BCUT2D eigenvalue weighted by Crippen LogP contribution is -2.00. The topological polar surface area (TPSA) is 74.6 Å². The Hall–Kier alpha value is -2.62. The van der Waals surface area contributed by atoms with E-state index in [1.807, 2.05) is 12.1 Å². The van der Waals surface area contributed by atoms with E-state index in [2.05, 4.69) is 0 Å². The van der Waals surface area contributed by atoms with Crippen LogP contribution in [0.15, 0.2) is 42.5 Å². The van der Waals surface area contributed by atoms with Gasteiger partial charge in [0.05, 0.1) is 5.56 Å². The molecule has 2 rings (SSSR count). The van der Waals surface area contributed by atoms with Crippen LogP contribution in [0.5, 0.6) is 0 Å². The van der Waals surface area contributed by atoms with E-state index in [1.165, 1.54) is 12.1 Å². The molecule has 90 valence electrons. The molecule has 0 saturated carbocycles. The second-order valence-corrected chi connectivity index (χ2v) is 3.72. The summed E-state index contributed by atoms with van der Waals surface area (Å²) < 4.78 is 0. The summed E-state index contributed by atoms with van der Waals surface area (Å²) in [7, 11) is 0. The lowest BCUT2D eigenvalue weighted by molar-refractivity contribution is -0.131. The van der Waals surface area contributed by atoms with Crippen molar-refractivity contribution in [2.45, 2.75) is 0 Å². The van der Waals surface area contributed by atoms with E-state index in [-0.39, 0.29) is 5.56 Å². The Labute approximate surface area is 103 Å². The average Bonchev–Trinajstić information content (AvgIpc) is 2.35. The first-order valence-electron chi connectivity index (χ1n) is 5.25. The minimum atomic E-state index is -1.11. The first kappa shape index (κ1) is 11.9. The Morgan fingerprint density at radius 2 is 1.72 bits per heavy atom. The number of carbonyl (C=O) groups is 2. The molecular weight excluding hydrogens is 232 g/mol. The van der Waals surface area contributed by atoms with Crippen LogP contribution in [0, 0.1) is 0 Å². The van der Waals surface area contributed by atoms with Crippen LogP contribution in [0.25, 0.3) is 16.8 Å². The van der Waals surface area contributed by atoms with Crippen LogP contribution in [-0.2, 0) is 4.79 Å². The molecule has 2 aromatic carbocycles. The fourth-order valence-electron chi connectivity index (χ4n) is 1.82. The third kappa shape index (κ3) is 2.22. The molecule has 0 fully saturated rings. The Morgan fingerprint density at radius 3 is 2.39 bits per heavy atom. The van der Waals surface area contributed by atoms with Crippen molar-refractivity contribution < 1.29 is 19.8 Å². The molecule has 0 bridgehead atoms. The van der Waals surface area contributed by atoms with E-state index >= 15 is 0 Å². The predicted octanol–water partition coefficient (Wildman–Crippen LogP) is 2.64. The van der Waals surface area contributed by atoms with Gasteiger partial charge in [-0.15, -0.1) is 0 Å². The number of fused-ring (bicyclic) bond motifs is 1. The number of rotatable bonds is 3. The van der Waals surface area contributed by atoms with E-state index in [9.17, 15) is 9.59 Å². The molecule has 0 aliphatic heterocycles. The molecule has 0 heterocycles. The summed E-state index contributed by atoms with van der Waals surface area (Å²) >= 11 is 0. The number of benzene rings is 2. The highest BCUT2D eigenvalue weighted by atomic mass is 16.4. The normalized spacial score (nSPS) is 10.9. The third-order valence-corrected chi connectivity index (χ3v) is 2.59. The Bertz CT molecular complexity index is 656. The Morgan fingerprint density at radius 1 is 1.00 bits per heavy atom. The Balaban J connectivity index is 2.74.